The maximum absolute atomic E-state index is 11.5. The van der Waals surface area contributed by atoms with Crippen molar-refractivity contribution in [1.82, 2.24) is 0 Å². The molecule has 0 unspecified atom stereocenters. The Morgan fingerprint density at radius 3 is 2.71 bits per heavy atom. The molecule has 1 fully saturated rings. The number of nitro groups is 1. The van der Waals surface area contributed by atoms with Crippen molar-refractivity contribution in [2.24, 2.45) is 0 Å². The number of rotatable bonds is 2. The van der Waals surface area contributed by atoms with Gasteiger partial charge in [0, 0.05) is 30.7 Å². The Morgan fingerprint density at radius 1 is 1.38 bits per heavy atom. The Bertz CT molecular complexity index is 662. The second-order valence-corrected chi connectivity index (χ2v) is 5.22. The molecule has 1 aromatic rings. The number of benzene rings is 1. The topological polar surface area (TPSA) is 96.5 Å². The minimum atomic E-state index is -0.511. The average Bonchev–Trinajstić information content (AvgIpc) is 2.87. The molecule has 2 aliphatic heterocycles. The highest BCUT2D eigenvalue weighted by Gasteiger charge is 2.31. The summed E-state index contributed by atoms with van der Waals surface area (Å²) in [7, 11) is 0. The monoisotopic (exact) mass is 285 g/mol. The fourth-order valence-corrected chi connectivity index (χ4v) is 2.80. The Labute approximate surface area is 121 Å². The molecule has 7 nitrogen and oxygen atoms in total. The van der Waals surface area contributed by atoms with Gasteiger partial charge in [0.2, 0.25) is 0 Å². The van der Waals surface area contributed by atoms with Gasteiger partial charge in [0.15, 0.2) is 0 Å². The molecular weight excluding hydrogens is 273 g/mol. The van der Waals surface area contributed by atoms with Crippen molar-refractivity contribution >= 4 is 24.1 Å². The van der Waals surface area contributed by atoms with Crippen molar-refractivity contribution in [3.8, 4) is 5.97 Å². The van der Waals surface area contributed by atoms with E-state index in [1.165, 1.54) is 6.07 Å². The molecule has 0 saturated carbocycles. The highest BCUT2D eigenvalue weighted by molar-refractivity contribution is 6.67. The van der Waals surface area contributed by atoms with E-state index in [1.54, 1.807) is 6.07 Å². The number of hydrogen-bond acceptors (Lipinski definition) is 6. The normalized spacial score (nSPS) is 17.2. The zero-order valence-electron chi connectivity index (χ0n) is 11.2. The van der Waals surface area contributed by atoms with Crippen molar-refractivity contribution in [1.29, 1.82) is 5.26 Å². The van der Waals surface area contributed by atoms with Gasteiger partial charge in [-0.1, -0.05) is 0 Å². The van der Waals surface area contributed by atoms with Crippen LogP contribution in [0.3, 0.4) is 0 Å². The third-order valence-electron chi connectivity index (χ3n) is 3.99. The Balaban J connectivity index is 1.97. The fourth-order valence-electron chi connectivity index (χ4n) is 2.80. The van der Waals surface area contributed by atoms with Gasteiger partial charge in [-0.2, -0.15) is 0 Å². The van der Waals surface area contributed by atoms with E-state index in [0.717, 1.165) is 0 Å². The summed E-state index contributed by atoms with van der Waals surface area (Å²) >= 11 is 0. The van der Waals surface area contributed by atoms with Crippen molar-refractivity contribution in [2.45, 2.75) is 19.2 Å². The zero-order chi connectivity index (χ0) is 15.0. The van der Waals surface area contributed by atoms with E-state index in [2.05, 4.69) is 5.97 Å². The number of nitrogens with zero attached hydrogens (tertiary/aromatic N) is 3. The molecule has 1 aromatic carbocycles. The highest BCUT2D eigenvalue weighted by Crippen LogP contribution is 2.36. The van der Waals surface area contributed by atoms with E-state index in [-0.39, 0.29) is 24.6 Å². The summed E-state index contributed by atoms with van der Waals surface area (Å²) in [6.07, 6.45) is 1.39. The number of carbonyl (C=O) groups is 1. The molecule has 3 rings (SSSR count). The molecule has 0 aliphatic carbocycles. The second-order valence-electron chi connectivity index (χ2n) is 5.22. The zero-order valence-corrected chi connectivity index (χ0v) is 11.2. The molecule has 0 N–H and O–H groups in total. The average molecular weight is 285 g/mol. The van der Waals surface area contributed by atoms with E-state index in [1.807, 2.05) is 4.90 Å². The Kier molecular flexibility index (Phi) is 3.25. The van der Waals surface area contributed by atoms with E-state index >= 15 is 0 Å². The molecule has 0 spiro atoms. The van der Waals surface area contributed by atoms with Gasteiger partial charge in [-0.3, -0.25) is 10.1 Å². The minimum Gasteiger partial charge on any atom is -0.457 e. The minimum absolute atomic E-state index is 0.0136. The number of hydrogen-bond donors (Lipinski definition) is 0. The van der Waals surface area contributed by atoms with E-state index in [4.69, 9.17) is 10.00 Å². The molecule has 21 heavy (non-hydrogen) atoms. The summed E-state index contributed by atoms with van der Waals surface area (Å²) in [5.41, 5.74) is 1.39. The molecule has 0 bridgehead atoms. The summed E-state index contributed by atoms with van der Waals surface area (Å²) in [4.78, 5) is 24.2. The number of nitro benzene ring substituents is 1. The second kappa shape index (κ2) is 5.09. The molecule has 0 aromatic heterocycles. The van der Waals surface area contributed by atoms with E-state index in [0.29, 0.717) is 37.0 Å². The Morgan fingerprint density at radius 2 is 2.10 bits per heavy atom. The number of anilines is 1. The van der Waals surface area contributed by atoms with Gasteiger partial charge >= 0.3 is 5.97 Å². The van der Waals surface area contributed by atoms with Crippen molar-refractivity contribution in [2.75, 3.05) is 18.0 Å². The van der Waals surface area contributed by atoms with E-state index in [9.17, 15) is 14.9 Å². The van der Waals surface area contributed by atoms with E-state index < -0.39 is 10.9 Å². The third kappa shape index (κ3) is 2.31. The number of cyclic esters (lactones) is 1. The van der Waals surface area contributed by atoms with Crippen LogP contribution in [0.1, 0.15) is 15.9 Å². The summed E-state index contributed by atoms with van der Waals surface area (Å²) in [6.45, 7) is 1.38. The van der Waals surface area contributed by atoms with Crippen LogP contribution in [0.4, 0.5) is 11.4 Å². The molecule has 8 heteroatoms. The number of fused-ring (bicyclic) bond motifs is 1. The number of nitriles is 1. The van der Waals surface area contributed by atoms with Gasteiger partial charge in [0.1, 0.15) is 12.3 Å². The molecule has 2 heterocycles. The van der Waals surface area contributed by atoms with Crippen LogP contribution in [0.2, 0.25) is 12.6 Å². The van der Waals surface area contributed by atoms with Crippen LogP contribution in [-0.2, 0) is 11.3 Å². The van der Waals surface area contributed by atoms with Crippen LogP contribution in [0, 0.1) is 21.3 Å². The maximum atomic E-state index is 11.5. The van der Waals surface area contributed by atoms with Gasteiger partial charge in [-0.15, -0.1) is 0 Å². The number of carbonyl (C=O) groups excluding carboxylic acids is 1. The SMILES string of the molecule is N#CB1CCN(c2cc3c(cc2[N+](=O)[O-])C(=O)OC3)CC1. The van der Waals surface area contributed by atoms with Crippen LogP contribution in [0.5, 0.6) is 0 Å². The quantitative estimate of drug-likeness (QED) is 0.354. The number of ether oxygens (including phenoxy) is 1. The largest absolute Gasteiger partial charge is 0.457 e. The van der Waals surface area contributed by atoms with Crippen LogP contribution >= 0.6 is 0 Å². The summed E-state index contributed by atoms with van der Waals surface area (Å²) in [5, 5.41) is 20.2. The lowest BCUT2D eigenvalue weighted by atomic mass is 9.45. The molecule has 2 aliphatic rings. The standard InChI is InChI=1S/C13H12BN3O4/c15-8-14-1-3-16(4-2-14)11-5-9-7-21-13(18)10(9)6-12(11)17(19)20/h5-6H,1-4,7H2. The third-order valence-corrected chi connectivity index (χ3v) is 3.99. The summed E-state index contributed by atoms with van der Waals surface area (Å²) in [6, 6.07) is 2.97. The molecular formula is C13H12BN3O4. The molecule has 0 radical (unpaired) electrons. The smallest absolute Gasteiger partial charge is 0.339 e. The summed E-state index contributed by atoms with van der Waals surface area (Å²) < 4.78 is 4.91. The highest BCUT2D eigenvalue weighted by atomic mass is 16.6. The first kappa shape index (κ1) is 13.4. The molecule has 106 valence electrons. The van der Waals surface area contributed by atoms with Crippen LogP contribution < -0.4 is 4.90 Å². The lowest BCUT2D eigenvalue weighted by molar-refractivity contribution is -0.384. The number of esters is 1. The Hall–Kier alpha value is -2.56. The van der Waals surface area contributed by atoms with Gasteiger partial charge in [-0.05, 0) is 18.7 Å². The van der Waals surface area contributed by atoms with Crippen molar-refractivity contribution in [3.05, 3.63) is 33.4 Å². The lowest BCUT2D eigenvalue weighted by Crippen LogP contribution is -2.36. The van der Waals surface area contributed by atoms with Gasteiger partial charge in [0.25, 0.3) is 12.4 Å². The first-order chi connectivity index (χ1) is 10.1. The predicted octanol–water partition coefficient (Wildman–Crippen LogP) is 1.64. The summed E-state index contributed by atoms with van der Waals surface area (Å²) in [5.74, 6) is 1.72. The molecule has 0 amide bonds. The van der Waals surface area contributed by atoms with Gasteiger partial charge in [-0.25, -0.2) is 10.1 Å². The molecule has 0 atom stereocenters. The van der Waals surface area contributed by atoms with Crippen LogP contribution in [-0.4, -0.2) is 30.7 Å². The first-order valence-corrected chi connectivity index (χ1v) is 6.73. The van der Waals surface area contributed by atoms with Crippen LogP contribution in [0.15, 0.2) is 12.1 Å². The first-order valence-electron chi connectivity index (χ1n) is 6.73. The van der Waals surface area contributed by atoms with Crippen molar-refractivity contribution in [3.63, 3.8) is 0 Å². The lowest BCUT2D eigenvalue weighted by Gasteiger charge is -2.29. The van der Waals surface area contributed by atoms with Gasteiger partial charge < -0.3 is 9.64 Å². The van der Waals surface area contributed by atoms with Gasteiger partial charge in [0.05, 0.1) is 10.5 Å². The molecule has 1 saturated heterocycles. The van der Waals surface area contributed by atoms with Crippen LogP contribution in [0.25, 0.3) is 0 Å². The van der Waals surface area contributed by atoms with Crippen molar-refractivity contribution < 1.29 is 14.5 Å². The predicted molar refractivity (Wildman–Crippen MR) is 75.4 cm³/mol. The maximum Gasteiger partial charge on any atom is 0.339 e. The fraction of sp³-hybridized carbons (Fsp3) is 0.385.